The topological polar surface area (TPSA) is 116 Å². The number of aromatic nitrogens is 2. The van der Waals surface area contributed by atoms with E-state index in [4.69, 9.17) is 4.74 Å². The Kier molecular flexibility index (Phi) is 6.02. The summed E-state index contributed by atoms with van der Waals surface area (Å²) in [4.78, 5) is 37.0. The summed E-state index contributed by atoms with van der Waals surface area (Å²) in [5.74, 6) is -1.15. The second-order valence-electron chi connectivity index (χ2n) is 7.38. The van der Waals surface area contributed by atoms with E-state index >= 15 is 0 Å². The van der Waals surface area contributed by atoms with Gasteiger partial charge in [0.25, 0.3) is 5.91 Å². The van der Waals surface area contributed by atoms with Crippen LogP contribution >= 0.6 is 11.3 Å². The van der Waals surface area contributed by atoms with Crippen LogP contribution < -0.4 is 5.32 Å². The maximum Gasteiger partial charge on any atom is 0.390 e. The number of anilines is 1. The smallest absolute Gasteiger partial charge is 0.390 e. The number of hydrogen-bond acceptors (Lipinski definition) is 7. The molecule has 0 saturated heterocycles. The van der Waals surface area contributed by atoms with Crippen molar-refractivity contribution in [2.24, 2.45) is 0 Å². The van der Waals surface area contributed by atoms with E-state index in [1.165, 1.54) is 22.1 Å². The zero-order valence-corrected chi connectivity index (χ0v) is 17.7. The molecule has 3 rings (SSSR count). The van der Waals surface area contributed by atoms with Gasteiger partial charge in [-0.3, -0.25) is 4.79 Å². The summed E-state index contributed by atoms with van der Waals surface area (Å²) in [6.07, 6.45) is 3.43. The molecular formula is C19H24N4O5S. The van der Waals surface area contributed by atoms with E-state index in [0.717, 1.165) is 36.1 Å². The second kappa shape index (κ2) is 8.32. The van der Waals surface area contributed by atoms with Gasteiger partial charge < -0.3 is 20.2 Å². The minimum Gasteiger partial charge on any atom is -0.459 e. The molecule has 0 spiro atoms. The molecule has 0 saturated carbocycles. The lowest BCUT2D eigenvalue weighted by Crippen LogP contribution is -2.26. The van der Waals surface area contributed by atoms with Gasteiger partial charge in [-0.15, -0.1) is 11.3 Å². The summed E-state index contributed by atoms with van der Waals surface area (Å²) < 4.78 is 6.71. The van der Waals surface area contributed by atoms with Gasteiger partial charge in [0, 0.05) is 4.88 Å². The fourth-order valence-electron chi connectivity index (χ4n) is 3.42. The molecule has 0 aromatic carbocycles. The normalized spacial score (nSPS) is 14.4. The SMILES string of the molecule is Cc1cc([N+](=O)[O-])nn1C(C)C(=O)Nc1sc2c(c1C(=O)OC(C)C)CCCC2. The van der Waals surface area contributed by atoms with Crippen LogP contribution in [0.15, 0.2) is 6.07 Å². The number of hydrogen-bond donors (Lipinski definition) is 1. The summed E-state index contributed by atoms with van der Waals surface area (Å²) in [5, 5.41) is 18.2. The van der Waals surface area contributed by atoms with Crippen LogP contribution in [0.2, 0.25) is 0 Å². The van der Waals surface area contributed by atoms with Crippen LogP contribution in [0, 0.1) is 17.0 Å². The Labute approximate surface area is 172 Å². The number of esters is 1. The minimum absolute atomic E-state index is 0.267. The zero-order valence-electron chi connectivity index (χ0n) is 16.9. The van der Waals surface area contributed by atoms with E-state index in [1.807, 2.05) is 0 Å². The molecule has 2 heterocycles. The number of nitrogens with zero attached hydrogens (tertiary/aromatic N) is 3. The first kappa shape index (κ1) is 21.0. The fraction of sp³-hybridized carbons (Fsp3) is 0.526. The number of amides is 1. The van der Waals surface area contributed by atoms with Crippen molar-refractivity contribution in [1.29, 1.82) is 0 Å². The van der Waals surface area contributed by atoms with E-state index in [1.54, 1.807) is 27.7 Å². The van der Waals surface area contributed by atoms with Gasteiger partial charge in [0.15, 0.2) is 0 Å². The Balaban J connectivity index is 1.89. The summed E-state index contributed by atoms with van der Waals surface area (Å²) in [5.41, 5.74) is 1.90. The molecule has 10 heteroatoms. The highest BCUT2D eigenvalue weighted by molar-refractivity contribution is 7.17. The molecule has 0 aliphatic heterocycles. The van der Waals surface area contributed by atoms with Crippen molar-refractivity contribution in [3.63, 3.8) is 0 Å². The minimum atomic E-state index is -0.781. The quantitative estimate of drug-likeness (QED) is 0.431. The van der Waals surface area contributed by atoms with E-state index in [2.05, 4.69) is 10.4 Å². The van der Waals surface area contributed by atoms with Crippen LogP contribution in [0.1, 0.15) is 66.1 Å². The Bertz CT molecular complexity index is 962. The maximum absolute atomic E-state index is 12.9. The number of rotatable bonds is 6. The number of aryl methyl sites for hydroxylation is 2. The van der Waals surface area contributed by atoms with Gasteiger partial charge in [-0.2, -0.15) is 4.68 Å². The third-order valence-corrected chi connectivity index (χ3v) is 6.01. The van der Waals surface area contributed by atoms with E-state index in [-0.39, 0.29) is 11.9 Å². The fourth-order valence-corrected chi connectivity index (χ4v) is 4.70. The molecule has 1 N–H and O–H groups in total. The van der Waals surface area contributed by atoms with Crippen LogP contribution in [0.4, 0.5) is 10.8 Å². The monoisotopic (exact) mass is 420 g/mol. The number of fused-ring (bicyclic) bond motifs is 1. The molecule has 1 amide bonds. The Hall–Kier alpha value is -2.75. The molecular weight excluding hydrogens is 396 g/mol. The summed E-state index contributed by atoms with van der Waals surface area (Å²) >= 11 is 1.40. The Morgan fingerprint density at radius 1 is 1.31 bits per heavy atom. The molecule has 2 aromatic heterocycles. The average molecular weight is 420 g/mol. The molecule has 29 heavy (non-hydrogen) atoms. The number of carbonyl (C=O) groups excluding carboxylic acids is 2. The molecule has 0 radical (unpaired) electrons. The van der Waals surface area contributed by atoms with Crippen molar-refractivity contribution >= 4 is 34.0 Å². The lowest BCUT2D eigenvalue weighted by Gasteiger charge is -2.15. The van der Waals surface area contributed by atoms with Gasteiger partial charge in [0.1, 0.15) is 11.0 Å². The second-order valence-corrected chi connectivity index (χ2v) is 8.49. The van der Waals surface area contributed by atoms with Crippen LogP contribution in [0.25, 0.3) is 0 Å². The summed E-state index contributed by atoms with van der Waals surface area (Å²) in [6, 6.07) is 0.538. The van der Waals surface area contributed by atoms with Crippen LogP contribution in [-0.2, 0) is 22.4 Å². The lowest BCUT2D eigenvalue weighted by atomic mass is 9.95. The van der Waals surface area contributed by atoms with Crippen molar-refractivity contribution < 1.29 is 19.2 Å². The van der Waals surface area contributed by atoms with Crippen molar-refractivity contribution in [2.75, 3.05) is 5.32 Å². The van der Waals surface area contributed by atoms with E-state index in [0.29, 0.717) is 16.3 Å². The highest BCUT2D eigenvalue weighted by Crippen LogP contribution is 2.39. The van der Waals surface area contributed by atoms with E-state index < -0.39 is 22.8 Å². The predicted molar refractivity (Wildman–Crippen MR) is 108 cm³/mol. The molecule has 1 aliphatic rings. The number of ether oxygens (including phenoxy) is 1. The molecule has 0 bridgehead atoms. The highest BCUT2D eigenvalue weighted by Gasteiger charge is 2.30. The van der Waals surface area contributed by atoms with Crippen molar-refractivity contribution in [3.8, 4) is 0 Å². The van der Waals surface area contributed by atoms with Gasteiger partial charge >= 0.3 is 11.8 Å². The zero-order chi connectivity index (χ0) is 21.3. The number of thiophene rings is 1. The Morgan fingerprint density at radius 3 is 2.62 bits per heavy atom. The molecule has 2 aromatic rings. The van der Waals surface area contributed by atoms with Gasteiger partial charge in [-0.05, 0) is 63.9 Å². The van der Waals surface area contributed by atoms with Gasteiger partial charge in [0.2, 0.25) is 0 Å². The third kappa shape index (κ3) is 4.31. The number of nitrogens with one attached hydrogen (secondary N) is 1. The molecule has 1 unspecified atom stereocenters. The van der Waals surface area contributed by atoms with Gasteiger partial charge in [-0.25, -0.2) is 4.79 Å². The molecule has 1 atom stereocenters. The largest absolute Gasteiger partial charge is 0.459 e. The number of nitro groups is 1. The summed E-state index contributed by atoms with van der Waals surface area (Å²) in [7, 11) is 0. The van der Waals surface area contributed by atoms with Crippen LogP contribution in [0.3, 0.4) is 0 Å². The average Bonchev–Trinajstić information content (AvgIpc) is 3.20. The van der Waals surface area contributed by atoms with E-state index in [9.17, 15) is 19.7 Å². The molecule has 156 valence electrons. The Morgan fingerprint density at radius 2 is 2.00 bits per heavy atom. The standard InChI is InChI=1S/C19H24N4O5S/c1-10(2)28-19(25)16-13-7-5-6-8-14(13)29-18(16)20-17(24)12(4)22-11(3)9-15(21-22)23(26)27/h9-10,12H,5-8H2,1-4H3,(H,20,24). The molecule has 1 aliphatic carbocycles. The first-order valence-corrected chi connectivity index (χ1v) is 10.4. The first-order valence-electron chi connectivity index (χ1n) is 9.56. The summed E-state index contributed by atoms with van der Waals surface area (Å²) in [6.45, 7) is 6.83. The molecule has 9 nitrogen and oxygen atoms in total. The highest BCUT2D eigenvalue weighted by atomic mass is 32.1. The van der Waals surface area contributed by atoms with Crippen molar-refractivity contribution in [3.05, 3.63) is 37.9 Å². The van der Waals surface area contributed by atoms with Gasteiger partial charge in [-0.1, -0.05) is 0 Å². The number of carbonyl (C=O) groups is 2. The van der Waals surface area contributed by atoms with Crippen LogP contribution in [-0.4, -0.2) is 32.7 Å². The predicted octanol–water partition coefficient (Wildman–Crippen LogP) is 3.80. The van der Waals surface area contributed by atoms with Crippen molar-refractivity contribution in [1.82, 2.24) is 9.78 Å². The van der Waals surface area contributed by atoms with Crippen molar-refractivity contribution in [2.45, 2.75) is 65.5 Å². The maximum atomic E-state index is 12.9. The lowest BCUT2D eigenvalue weighted by molar-refractivity contribution is -0.389. The first-order chi connectivity index (χ1) is 13.7. The third-order valence-electron chi connectivity index (χ3n) is 4.80. The van der Waals surface area contributed by atoms with Crippen LogP contribution in [0.5, 0.6) is 0 Å². The molecule has 0 fully saturated rings. The van der Waals surface area contributed by atoms with Gasteiger partial charge in [0.05, 0.1) is 28.5 Å².